The Balaban J connectivity index is 0.000000295. The lowest BCUT2D eigenvalue weighted by atomic mass is 10.1. The number of hydrogen-bond donors (Lipinski definition) is 1. The van der Waals surface area contributed by atoms with E-state index in [1.165, 1.54) is 6.07 Å². The fraction of sp³-hybridized carbons (Fsp3) is 0.500. The predicted molar refractivity (Wildman–Crippen MR) is 74.4 cm³/mol. The number of benzene rings is 1. The number of carbonyl (C=O) groups is 1. The SMILES string of the molecule is C[C@H]1CN(C)CCN1c1ccccc1F.O=C(O)C(F)(F)F. The molecule has 1 aliphatic rings. The molecule has 1 aromatic carbocycles. The van der Waals surface area contributed by atoms with E-state index in [-0.39, 0.29) is 5.82 Å². The van der Waals surface area contributed by atoms with Crippen LogP contribution in [0.2, 0.25) is 0 Å². The van der Waals surface area contributed by atoms with Crippen LogP contribution in [0.1, 0.15) is 6.92 Å². The minimum Gasteiger partial charge on any atom is -0.475 e. The number of nitrogens with zero attached hydrogens (tertiary/aromatic N) is 2. The molecule has 1 aliphatic heterocycles. The molecule has 4 nitrogen and oxygen atoms in total. The average molecular weight is 322 g/mol. The summed E-state index contributed by atoms with van der Waals surface area (Å²) in [5.74, 6) is -2.87. The first kappa shape index (κ1) is 18.2. The Hall–Kier alpha value is -1.83. The summed E-state index contributed by atoms with van der Waals surface area (Å²) in [6, 6.07) is 7.39. The third kappa shape index (κ3) is 5.18. The van der Waals surface area contributed by atoms with Gasteiger partial charge in [-0.1, -0.05) is 12.1 Å². The van der Waals surface area contributed by atoms with Gasteiger partial charge in [-0.25, -0.2) is 9.18 Å². The minimum absolute atomic E-state index is 0.117. The quantitative estimate of drug-likeness (QED) is 0.807. The molecule has 1 N–H and O–H groups in total. The molecule has 0 aliphatic carbocycles. The van der Waals surface area contributed by atoms with Crippen LogP contribution >= 0.6 is 0 Å². The van der Waals surface area contributed by atoms with Gasteiger partial charge >= 0.3 is 12.1 Å². The largest absolute Gasteiger partial charge is 0.490 e. The highest BCUT2D eigenvalue weighted by molar-refractivity contribution is 5.73. The number of rotatable bonds is 1. The first-order chi connectivity index (χ1) is 10.1. The molecular formula is C14H18F4N2O2. The monoisotopic (exact) mass is 322 g/mol. The van der Waals surface area contributed by atoms with Crippen LogP contribution in [-0.2, 0) is 4.79 Å². The molecule has 1 saturated heterocycles. The van der Waals surface area contributed by atoms with Crippen molar-refractivity contribution in [2.24, 2.45) is 0 Å². The summed E-state index contributed by atoms with van der Waals surface area (Å²) in [5, 5.41) is 7.12. The van der Waals surface area contributed by atoms with E-state index in [0.29, 0.717) is 6.04 Å². The first-order valence-corrected chi connectivity index (χ1v) is 6.62. The fourth-order valence-corrected chi connectivity index (χ4v) is 2.18. The Bertz CT molecular complexity index is 508. The Labute approximate surface area is 125 Å². The Kier molecular flexibility index (Phi) is 6.16. The molecule has 1 heterocycles. The predicted octanol–water partition coefficient (Wildman–Crippen LogP) is 2.60. The number of likely N-dealkylation sites (N-methyl/N-ethyl adjacent to an activating group) is 1. The van der Waals surface area contributed by atoms with Gasteiger partial charge in [-0.3, -0.25) is 0 Å². The molecule has 0 unspecified atom stereocenters. The molecule has 1 atom stereocenters. The number of carboxylic acids is 1. The number of hydrogen-bond acceptors (Lipinski definition) is 3. The molecule has 124 valence electrons. The third-order valence-corrected chi connectivity index (χ3v) is 3.23. The van der Waals surface area contributed by atoms with Crippen LogP contribution in [0, 0.1) is 5.82 Å². The highest BCUT2D eigenvalue weighted by atomic mass is 19.4. The molecule has 1 fully saturated rings. The van der Waals surface area contributed by atoms with Crippen molar-refractivity contribution in [1.82, 2.24) is 4.90 Å². The van der Waals surface area contributed by atoms with Crippen LogP contribution < -0.4 is 4.90 Å². The van der Waals surface area contributed by atoms with E-state index in [1.807, 2.05) is 12.1 Å². The summed E-state index contributed by atoms with van der Waals surface area (Å²) >= 11 is 0. The summed E-state index contributed by atoms with van der Waals surface area (Å²) in [5.41, 5.74) is 0.734. The number of halogens is 4. The Morgan fingerprint density at radius 2 is 1.82 bits per heavy atom. The van der Waals surface area contributed by atoms with Crippen LogP contribution in [0.4, 0.5) is 23.2 Å². The van der Waals surface area contributed by atoms with Crippen LogP contribution in [0.3, 0.4) is 0 Å². The standard InChI is InChI=1S/C12H17FN2.C2HF3O2/c1-10-9-14(2)7-8-15(10)12-6-4-3-5-11(12)13;3-2(4,5)1(6)7/h3-6,10H,7-9H2,1-2H3;(H,6,7)/t10-;/m0./s1. The molecule has 0 radical (unpaired) electrons. The fourth-order valence-electron chi connectivity index (χ4n) is 2.18. The normalized spacial score (nSPS) is 19.4. The molecular weight excluding hydrogens is 304 g/mol. The van der Waals surface area contributed by atoms with Gasteiger partial charge in [0.25, 0.3) is 0 Å². The van der Waals surface area contributed by atoms with E-state index in [9.17, 15) is 17.6 Å². The van der Waals surface area contributed by atoms with E-state index in [4.69, 9.17) is 9.90 Å². The molecule has 1 aromatic rings. The summed E-state index contributed by atoms with van der Waals surface area (Å²) < 4.78 is 45.3. The van der Waals surface area contributed by atoms with E-state index in [2.05, 4.69) is 23.8 Å². The average Bonchev–Trinajstić information content (AvgIpc) is 2.40. The molecule has 0 saturated carbocycles. The molecule has 2 rings (SSSR count). The lowest BCUT2D eigenvalue weighted by Crippen LogP contribution is -2.50. The second kappa shape index (κ2) is 7.44. The first-order valence-electron chi connectivity index (χ1n) is 6.62. The summed E-state index contributed by atoms with van der Waals surface area (Å²) in [7, 11) is 2.11. The van der Waals surface area contributed by atoms with Crippen molar-refractivity contribution in [2.75, 3.05) is 31.6 Å². The van der Waals surface area contributed by atoms with Gasteiger partial charge in [0.2, 0.25) is 0 Å². The minimum atomic E-state index is -5.08. The van der Waals surface area contributed by atoms with Gasteiger partial charge in [0.15, 0.2) is 0 Å². The van der Waals surface area contributed by atoms with Crippen molar-refractivity contribution in [3.8, 4) is 0 Å². The van der Waals surface area contributed by atoms with E-state index in [1.54, 1.807) is 6.07 Å². The molecule has 0 bridgehead atoms. The number of anilines is 1. The van der Waals surface area contributed by atoms with Crippen molar-refractivity contribution in [3.05, 3.63) is 30.1 Å². The highest BCUT2D eigenvalue weighted by Crippen LogP contribution is 2.22. The maximum absolute atomic E-state index is 13.6. The van der Waals surface area contributed by atoms with Crippen LogP contribution in [0.25, 0.3) is 0 Å². The van der Waals surface area contributed by atoms with Crippen molar-refractivity contribution < 1.29 is 27.5 Å². The molecule has 0 aromatic heterocycles. The van der Waals surface area contributed by atoms with Gasteiger partial charge in [-0.05, 0) is 26.1 Å². The lowest BCUT2D eigenvalue weighted by molar-refractivity contribution is -0.192. The van der Waals surface area contributed by atoms with Crippen molar-refractivity contribution in [1.29, 1.82) is 0 Å². The Morgan fingerprint density at radius 3 is 2.27 bits per heavy atom. The maximum Gasteiger partial charge on any atom is 0.490 e. The number of alkyl halides is 3. The summed E-state index contributed by atoms with van der Waals surface area (Å²) in [6.45, 7) is 5.04. The summed E-state index contributed by atoms with van der Waals surface area (Å²) in [4.78, 5) is 13.3. The number of aliphatic carboxylic acids is 1. The zero-order valence-corrected chi connectivity index (χ0v) is 12.3. The Morgan fingerprint density at radius 1 is 1.27 bits per heavy atom. The molecule has 22 heavy (non-hydrogen) atoms. The van der Waals surface area contributed by atoms with Crippen molar-refractivity contribution in [3.63, 3.8) is 0 Å². The van der Waals surface area contributed by atoms with E-state index < -0.39 is 12.1 Å². The number of para-hydroxylation sites is 1. The molecule has 8 heteroatoms. The van der Waals surface area contributed by atoms with Crippen LogP contribution in [0.5, 0.6) is 0 Å². The second-order valence-corrected chi connectivity index (χ2v) is 5.06. The highest BCUT2D eigenvalue weighted by Gasteiger charge is 2.38. The second-order valence-electron chi connectivity index (χ2n) is 5.06. The van der Waals surface area contributed by atoms with Gasteiger partial charge in [0, 0.05) is 25.7 Å². The van der Waals surface area contributed by atoms with Crippen LogP contribution in [0.15, 0.2) is 24.3 Å². The number of piperazine rings is 1. The van der Waals surface area contributed by atoms with Gasteiger partial charge in [0.1, 0.15) is 5.82 Å². The molecule has 0 spiro atoms. The van der Waals surface area contributed by atoms with Crippen molar-refractivity contribution >= 4 is 11.7 Å². The van der Waals surface area contributed by atoms with Crippen molar-refractivity contribution in [2.45, 2.75) is 19.1 Å². The topological polar surface area (TPSA) is 43.8 Å². The maximum atomic E-state index is 13.6. The van der Waals surface area contributed by atoms with Gasteiger partial charge in [-0.2, -0.15) is 13.2 Å². The van der Waals surface area contributed by atoms with Gasteiger partial charge in [0.05, 0.1) is 5.69 Å². The third-order valence-electron chi connectivity index (χ3n) is 3.23. The van der Waals surface area contributed by atoms with Gasteiger partial charge in [-0.15, -0.1) is 0 Å². The van der Waals surface area contributed by atoms with E-state index in [0.717, 1.165) is 25.3 Å². The summed E-state index contributed by atoms with van der Waals surface area (Å²) in [6.07, 6.45) is -5.08. The van der Waals surface area contributed by atoms with E-state index >= 15 is 0 Å². The zero-order valence-electron chi connectivity index (χ0n) is 12.3. The zero-order chi connectivity index (χ0) is 16.9. The smallest absolute Gasteiger partial charge is 0.475 e. The van der Waals surface area contributed by atoms with Gasteiger partial charge < -0.3 is 14.9 Å². The lowest BCUT2D eigenvalue weighted by Gasteiger charge is -2.39. The van der Waals surface area contributed by atoms with Crippen LogP contribution in [-0.4, -0.2) is 54.9 Å². The molecule has 0 amide bonds. The number of carboxylic acid groups (broad SMARTS) is 1.